The largest absolute Gasteiger partial charge is 0.393 e. The summed E-state index contributed by atoms with van der Waals surface area (Å²) in [5.41, 5.74) is 1.10. The number of aliphatic hydroxyl groups excluding tert-OH is 1. The molecular formula is C13H19ClO2. The van der Waals surface area contributed by atoms with E-state index >= 15 is 0 Å². The predicted molar refractivity (Wildman–Crippen MR) is 66.9 cm³/mol. The highest BCUT2D eigenvalue weighted by molar-refractivity contribution is 6.30. The number of ether oxygens (including phenoxy) is 1. The van der Waals surface area contributed by atoms with Crippen LogP contribution < -0.4 is 0 Å². The Morgan fingerprint density at radius 3 is 2.44 bits per heavy atom. The Balaban J connectivity index is 2.28. The van der Waals surface area contributed by atoms with Gasteiger partial charge in [0, 0.05) is 11.6 Å². The van der Waals surface area contributed by atoms with Gasteiger partial charge in [0.25, 0.3) is 0 Å². The lowest BCUT2D eigenvalue weighted by Crippen LogP contribution is -2.15. The van der Waals surface area contributed by atoms with Gasteiger partial charge in [0.05, 0.1) is 12.2 Å². The summed E-state index contributed by atoms with van der Waals surface area (Å²) >= 11 is 5.78. The van der Waals surface area contributed by atoms with Crippen LogP contribution in [0.1, 0.15) is 25.8 Å². The van der Waals surface area contributed by atoms with Crippen molar-refractivity contribution < 1.29 is 9.84 Å². The molecule has 0 saturated carbocycles. The first-order valence-electron chi connectivity index (χ1n) is 5.62. The van der Waals surface area contributed by atoms with Gasteiger partial charge in [0.1, 0.15) is 0 Å². The van der Waals surface area contributed by atoms with Crippen molar-refractivity contribution in [1.29, 1.82) is 0 Å². The van der Waals surface area contributed by atoms with Crippen molar-refractivity contribution in [2.75, 3.05) is 6.61 Å². The predicted octanol–water partition coefficient (Wildman–Crippen LogP) is 3.06. The maximum absolute atomic E-state index is 9.77. The summed E-state index contributed by atoms with van der Waals surface area (Å²) in [4.78, 5) is 0. The quantitative estimate of drug-likeness (QED) is 0.831. The van der Waals surface area contributed by atoms with Crippen molar-refractivity contribution in [3.63, 3.8) is 0 Å². The smallest absolute Gasteiger partial charge is 0.0602 e. The van der Waals surface area contributed by atoms with E-state index in [1.165, 1.54) is 0 Å². The highest BCUT2D eigenvalue weighted by Crippen LogP contribution is 2.12. The fourth-order valence-electron chi connectivity index (χ4n) is 1.43. The van der Waals surface area contributed by atoms with Crippen LogP contribution in [-0.4, -0.2) is 23.9 Å². The lowest BCUT2D eigenvalue weighted by Gasteiger charge is -2.12. The van der Waals surface area contributed by atoms with Crippen molar-refractivity contribution >= 4 is 11.6 Å². The summed E-state index contributed by atoms with van der Waals surface area (Å²) in [6, 6.07) is 7.56. The molecule has 1 aromatic rings. The lowest BCUT2D eigenvalue weighted by molar-refractivity contribution is 0.0470. The zero-order valence-electron chi connectivity index (χ0n) is 9.82. The van der Waals surface area contributed by atoms with Gasteiger partial charge in [-0.1, -0.05) is 23.7 Å². The fraction of sp³-hybridized carbons (Fsp3) is 0.538. The highest BCUT2D eigenvalue weighted by atomic mass is 35.5. The summed E-state index contributed by atoms with van der Waals surface area (Å²) in [5.74, 6) is 0. The van der Waals surface area contributed by atoms with Gasteiger partial charge in [-0.3, -0.25) is 0 Å². The average Bonchev–Trinajstić information content (AvgIpc) is 2.21. The lowest BCUT2D eigenvalue weighted by atomic mass is 10.1. The second-order valence-corrected chi connectivity index (χ2v) is 4.63. The normalized spacial score (nSPS) is 13.1. The molecule has 0 aliphatic heterocycles. The fourth-order valence-corrected chi connectivity index (χ4v) is 1.56. The Hall–Kier alpha value is -0.570. The van der Waals surface area contributed by atoms with Crippen LogP contribution in [0.3, 0.4) is 0 Å². The summed E-state index contributed by atoms with van der Waals surface area (Å²) in [5, 5.41) is 10.5. The molecule has 1 aromatic carbocycles. The van der Waals surface area contributed by atoms with E-state index in [4.69, 9.17) is 16.3 Å². The molecule has 1 rings (SSSR count). The molecule has 1 atom stereocenters. The standard InChI is InChI=1S/C13H19ClO2/c1-10(2)16-8-7-13(15)9-11-3-5-12(14)6-4-11/h3-6,10,13,15H,7-9H2,1-2H3. The minimum absolute atomic E-state index is 0.225. The van der Waals surface area contributed by atoms with Crippen LogP contribution in [-0.2, 0) is 11.2 Å². The molecule has 0 radical (unpaired) electrons. The Labute approximate surface area is 102 Å². The third-order valence-corrected chi connectivity index (χ3v) is 2.54. The van der Waals surface area contributed by atoms with Crippen LogP contribution >= 0.6 is 11.6 Å². The molecule has 16 heavy (non-hydrogen) atoms. The number of rotatable bonds is 6. The van der Waals surface area contributed by atoms with E-state index in [9.17, 15) is 5.11 Å². The number of aliphatic hydroxyl groups is 1. The molecule has 1 unspecified atom stereocenters. The van der Waals surface area contributed by atoms with Gasteiger partial charge in [-0.2, -0.15) is 0 Å². The monoisotopic (exact) mass is 242 g/mol. The first-order valence-corrected chi connectivity index (χ1v) is 6.00. The number of hydrogen-bond donors (Lipinski definition) is 1. The SMILES string of the molecule is CC(C)OCCC(O)Cc1ccc(Cl)cc1. The molecule has 0 aliphatic rings. The number of hydrogen-bond acceptors (Lipinski definition) is 2. The minimum Gasteiger partial charge on any atom is -0.393 e. The summed E-state index contributed by atoms with van der Waals surface area (Å²) in [7, 11) is 0. The zero-order chi connectivity index (χ0) is 12.0. The maximum atomic E-state index is 9.77. The van der Waals surface area contributed by atoms with Gasteiger partial charge >= 0.3 is 0 Å². The van der Waals surface area contributed by atoms with E-state index in [-0.39, 0.29) is 12.2 Å². The van der Waals surface area contributed by atoms with Crippen LogP contribution in [0.25, 0.3) is 0 Å². The number of benzene rings is 1. The van der Waals surface area contributed by atoms with Crippen LogP contribution in [0.15, 0.2) is 24.3 Å². The van der Waals surface area contributed by atoms with E-state index in [0.29, 0.717) is 19.4 Å². The van der Waals surface area contributed by atoms with Gasteiger partial charge in [-0.05, 0) is 44.4 Å². The molecule has 90 valence electrons. The van der Waals surface area contributed by atoms with E-state index in [0.717, 1.165) is 10.6 Å². The van der Waals surface area contributed by atoms with Crippen LogP contribution in [0.2, 0.25) is 5.02 Å². The van der Waals surface area contributed by atoms with E-state index in [2.05, 4.69) is 0 Å². The van der Waals surface area contributed by atoms with E-state index < -0.39 is 0 Å². The van der Waals surface area contributed by atoms with Crippen molar-refractivity contribution in [1.82, 2.24) is 0 Å². The van der Waals surface area contributed by atoms with Crippen LogP contribution in [0, 0.1) is 0 Å². The van der Waals surface area contributed by atoms with E-state index in [1.807, 2.05) is 38.1 Å². The molecule has 1 N–H and O–H groups in total. The van der Waals surface area contributed by atoms with Crippen LogP contribution in [0.5, 0.6) is 0 Å². The molecule has 0 amide bonds. The van der Waals surface area contributed by atoms with Crippen molar-refractivity contribution in [3.05, 3.63) is 34.9 Å². The average molecular weight is 243 g/mol. The third-order valence-electron chi connectivity index (χ3n) is 2.29. The molecule has 3 heteroatoms. The number of halogens is 1. The van der Waals surface area contributed by atoms with Crippen molar-refractivity contribution in [3.8, 4) is 0 Å². The summed E-state index contributed by atoms with van der Waals surface area (Å²) in [6.07, 6.45) is 1.20. The molecule has 0 bridgehead atoms. The molecular weight excluding hydrogens is 224 g/mol. The molecule has 0 spiro atoms. The Morgan fingerprint density at radius 1 is 1.25 bits per heavy atom. The topological polar surface area (TPSA) is 29.5 Å². The van der Waals surface area contributed by atoms with Crippen molar-refractivity contribution in [2.45, 2.75) is 38.9 Å². The molecule has 0 saturated heterocycles. The highest BCUT2D eigenvalue weighted by Gasteiger charge is 2.06. The van der Waals surface area contributed by atoms with Gasteiger partial charge in [0.15, 0.2) is 0 Å². The second kappa shape index (κ2) is 6.89. The summed E-state index contributed by atoms with van der Waals surface area (Å²) < 4.78 is 5.39. The Morgan fingerprint density at radius 2 is 1.88 bits per heavy atom. The Bertz CT molecular complexity index is 295. The maximum Gasteiger partial charge on any atom is 0.0602 e. The minimum atomic E-state index is -0.347. The van der Waals surface area contributed by atoms with Gasteiger partial charge in [0.2, 0.25) is 0 Å². The molecule has 0 heterocycles. The molecule has 2 nitrogen and oxygen atoms in total. The summed E-state index contributed by atoms with van der Waals surface area (Å²) in [6.45, 7) is 4.59. The van der Waals surface area contributed by atoms with Gasteiger partial charge < -0.3 is 9.84 Å². The third kappa shape index (κ3) is 5.50. The second-order valence-electron chi connectivity index (χ2n) is 4.19. The van der Waals surface area contributed by atoms with Gasteiger partial charge in [-0.15, -0.1) is 0 Å². The van der Waals surface area contributed by atoms with Gasteiger partial charge in [-0.25, -0.2) is 0 Å². The molecule has 0 aliphatic carbocycles. The first-order chi connectivity index (χ1) is 7.58. The zero-order valence-corrected chi connectivity index (χ0v) is 10.6. The molecule has 0 aromatic heterocycles. The van der Waals surface area contributed by atoms with E-state index in [1.54, 1.807) is 0 Å². The Kier molecular flexibility index (Phi) is 5.81. The first kappa shape index (κ1) is 13.5. The molecule has 0 fully saturated rings. The van der Waals surface area contributed by atoms with Crippen molar-refractivity contribution in [2.24, 2.45) is 0 Å². The van der Waals surface area contributed by atoms with Crippen LogP contribution in [0.4, 0.5) is 0 Å².